The zero-order chi connectivity index (χ0) is 21.8. The Bertz CT molecular complexity index is 784. The van der Waals surface area contributed by atoms with Crippen molar-refractivity contribution in [1.82, 2.24) is 10.6 Å². The molecule has 2 aromatic rings. The van der Waals surface area contributed by atoms with E-state index in [4.69, 9.17) is 5.73 Å². The number of amides is 2. The maximum absolute atomic E-state index is 12.6. The fraction of sp³-hybridized carbons (Fsp3) is 0.391. The van der Waals surface area contributed by atoms with Crippen molar-refractivity contribution in [1.29, 1.82) is 0 Å². The lowest BCUT2D eigenvalue weighted by Gasteiger charge is -2.20. The summed E-state index contributed by atoms with van der Waals surface area (Å²) in [5, 5.41) is 15.1. The third-order valence-electron chi connectivity index (χ3n) is 4.76. The summed E-state index contributed by atoms with van der Waals surface area (Å²) in [5.74, 6) is 0.393. The summed E-state index contributed by atoms with van der Waals surface area (Å²) in [6, 6.07) is 15.3. The lowest BCUT2D eigenvalue weighted by atomic mass is 10.1. The van der Waals surface area contributed by atoms with Crippen LogP contribution in [0.4, 0.5) is 0 Å². The van der Waals surface area contributed by atoms with Crippen molar-refractivity contribution in [2.24, 2.45) is 5.73 Å². The minimum Gasteiger partial charge on any atom is -0.508 e. The third-order valence-corrected chi connectivity index (χ3v) is 5.40. The number of rotatable bonds is 12. The monoisotopic (exact) mass is 429 g/mol. The number of nitrogens with two attached hydrogens (primary N) is 1. The summed E-state index contributed by atoms with van der Waals surface area (Å²) in [6.07, 6.45) is 4.57. The Morgan fingerprint density at radius 2 is 1.73 bits per heavy atom. The van der Waals surface area contributed by atoms with E-state index in [0.29, 0.717) is 19.4 Å². The highest BCUT2D eigenvalue weighted by Gasteiger charge is 2.23. The zero-order valence-corrected chi connectivity index (χ0v) is 18.2. The molecule has 0 aliphatic rings. The van der Waals surface area contributed by atoms with Gasteiger partial charge in [0.05, 0.1) is 6.04 Å². The number of nitrogens with one attached hydrogen (secondary N) is 2. The van der Waals surface area contributed by atoms with Gasteiger partial charge >= 0.3 is 0 Å². The van der Waals surface area contributed by atoms with Gasteiger partial charge in [-0.15, -0.1) is 0 Å². The molecule has 0 aliphatic heterocycles. The molecule has 2 amide bonds. The van der Waals surface area contributed by atoms with Gasteiger partial charge in [-0.3, -0.25) is 9.59 Å². The molecule has 0 fully saturated rings. The number of aryl methyl sites for hydroxylation is 1. The minimum atomic E-state index is -0.766. The van der Waals surface area contributed by atoms with Gasteiger partial charge in [0.2, 0.25) is 11.8 Å². The number of benzene rings is 2. The maximum atomic E-state index is 12.6. The predicted octanol–water partition coefficient (Wildman–Crippen LogP) is 2.25. The molecule has 5 N–H and O–H groups in total. The highest BCUT2D eigenvalue weighted by atomic mass is 32.2. The van der Waals surface area contributed by atoms with Gasteiger partial charge in [-0.05, 0) is 61.0 Å². The highest BCUT2D eigenvalue weighted by Crippen LogP contribution is 2.11. The van der Waals surface area contributed by atoms with E-state index in [1.807, 2.05) is 24.5 Å². The van der Waals surface area contributed by atoms with Gasteiger partial charge in [0, 0.05) is 6.54 Å². The van der Waals surface area contributed by atoms with Crippen molar-refractivity contribution in [3.05, 3.63) is 65.7 Å². The third kappa shape index (κ3) is 8.47. The molecule has 0 saturated heterocycles. The SMILES string of the molecule is CSCCC(NC(=O)[C@@H](N)Cc1ccc(O)cc1)C(=O)NCCCc1ccccc1. The van der Waals surface area contributed by atoms with Crippen LogP contribution >= 0.6 is 11.8 Å². The van der Waals surface area contributed by atoms with E-state index in [1.165, 1.54) is 5.56 Å². The van der Waals surface area contributed by atoms with Gasteiger partial charge in [0.1, 0.15) is 11.8 Å². The van der Waals surface area contributed by atoms with E-state index in [2.05, 4.69) is 22.8 Å². The number of hydrogen-bond donors (Lipinski definition) is 4. The topological polar surface area (TPSA) is 104 Å². The first-order valence-electron chi connectivity index (χ1n) is 10.1. The van der Waals surface area contributed by atoms with Crippen LogP contribution in [0, 0.1) is 0 Å². The molecule has 0 aromatic heterocycles. The molecule has 0 heterocycles. The number of hydrogen-bond acceptors (Lipinski definition) is 5. The Hall–Kier alpha value is -2.51. The van der Waals surface area contributed by atoms with Crippen LogP contribution in [-0.2, 0) is 22.4 Å². The average molecular weight is 430 g/mol. The fourth-order valence-electron chi connectivity index (χ4n) is 3.03. The molecule has 0 radical (unpaired) electrons. The van der Waals surface area contributed by atoms with Crippen molar-refractivity contribution in [2.75, 3.05) is 18.6 Å². The number of aromatic hydroxyl groups is 1. The Balaban J connectivity index is 1.82. The van der Waals surface area contributed by atoms with Gasteiger partial charge in [0.25, 0.3) is 0 Å². The van der Waals surface area contributed by atoms with Gasteiger partial charge in [-0.1, -0.05) is 42.5 Å². The number of phenolic OH excluding ortho intramolecular Hbond substituents is 1. The molecule has 2 aromatic carbocycles. The molecule has 1 unspecified atom stereocenters. The quantitative estimate of drug-likeness (QED) is 0.388. The second-order valence-corrected chi connectivity index (χ2v) is 8.19. The van der Waals surface area contributed by atoms with Gasteiger partial charge in [-0.2, -0.15) is 11.8 Å². The number of carbonyl (C=O) groups excluding carboxylic acids is 2. The average Bonchev–Trinajstić information content (AvgIpc) is 2.76. The summed E-state index contributed by atoms with van der Waals surface area (Å²) in [6.45, 7) is 0.554. The molecule has 7 heteroatoms. The van der Waals surface area contributed by atoms with Crippen LogP contribution in [0.5, 0.6) is 5.75 Å². The van der Waals surface area contributed by atoms with E-state index >= 15 is 0 Å². The van der Waals surface area contributed by atoms with E-state index in [1.54, 1.807) is 36.0 Å². The van der Waals surface area contributed by atoms with E-state index in [-0.39, 0.29) is 17.6 Å². The van der Waals surface area contributed by atoms with Crippen LogP contribution in [0.15, 0.2) is 54.6 Å². The van der Waals surface area contributed by atoms with Gasteiger partial charge < -0.3 is 21.5 Å². The van der Waals surface area contributed by atoms with Crippen molar-refractivity contribution in [2.45, 2.75) is 37.8 Å². The van der Waals surface area contributed by atoms with E-state index < -0.39 is 12.1 Å². The molecule has 0 saturated carbocycles. The first kappa shape index (κ1) is 23.8. The molecule has 30 heavy (non-hydrogen) atoms. The zero-order valence-electron chi connectivity index (χ0n) is 17.3. The number of phenols is 1. The Morgan fingerprint density at radius 1 is 1.03 bits per heavy atom. The summed E-state index contributed by atoms with van der Waals surface area (Å²) in [4.78, 5) is 25.1. The summed E-state index contributed by atoms with van der Waals surface area (Å²) in [5.41, 5.74) is 8.12. The highest BCUT2D eigenvalue weighted by molar-refractivity contribution is 7.98. The minimum absolute atomic E-state index is 0.165. The van der Waals surface area contributed by atoms with Crippen LogP contribution in [0.25, 0.3) is 0 Å². The maximum Gasteiger partial charge on any atom is 0.242 e. The molecule has 0 aliphatic carbocycles. The first-order valence-corrected chi connectivity index (χ1v) is 11.5. The Labute approximate surface area is 182 Å². The Kier molecular flexibility index (Phi) is 10.2. The van der Waals surface area contributed by atoms with Gasteiger partial charge in [-0.25, -0.2) is 0 Å². The largest absolute Gasteiger partial charge is 0.508 e. The van der Waals surface area contributed by atoms with E-state index in [0.717, 1.165) is 24.2 Å². The van der Waals surface area contributed by atoms with Crippen molar-refractivity contribution >= 4 is 23.6 Å². The lowest BCUT2D eigenvalue weighted by molar-refractivity contribution is -0.129. The standard InChI is InChI=1S/C23H31N3O3S/c1-30-15-13-21(23(29)25-14-5-8-17-6-3-2-4-7-17)26-22(28)20(24)16-18-9-11-19(27)12-10-18/h2-4,6-7,9-12,20-21,27H,5,8,13-16,24H2,1H3,(H,25,29)(H,26,28)/t20-,21?/m0/s1. The smallest absolute Gasteiger partial charge is 0.242 e. The fourth-order valence-corrected chi connectivity index (χ4v) is 3.51. The second kappa shape index (κ2) is 12.9. The van der Waals surface area contributed by atoms with Crippen molar-refractivity contribution in [3.63, 3.8) is 0 Å². The van der Waals surface area contributed by atoms with Crippen LogP contribution in [-0.4, -0.2) is 47.6 Å². The van der Waals surface area contributed by atoms with Crippen LogP contribution in [0.3, 0.4) is 0 Å². The second-order valence-electron chi connectivity index (χ2n) is 7.20. The molecule has 162 valence electrons. The van der Waals surface area contributed by atoms with Crippen LogP contribution in [0.1, 0.15) is 24.0 Å². The summed E-state index contributed by atoms with van der Waals surface area (Å²) >= 11 is 1.63. The molecular formula is C23H31N3O3S. The number of carbonyl (C=O) groups is 2. The number of thioether (sulfide) groups is 1. The molecule has 0 spiro atoms. The predicted molar refractivity (Wildman–Crippen MR) is 122 cm³/mol. The molecular weight excluding hydrogens is 398 g/mol. The van der Waals surface area contributed by atoms with Gasteiger partial charge in [0.15, 0.2) is 0 Å². The molecule has 2 atom stereocenters. The summed E-state index contributed by atoms with van der Waals surface area (Å²) < 4.78 is 0. The van der Waals surface area contributed by atoms with E-state index in [9.17, 15) is 14.7 Å². The molecule has 0 bridgehead atoms. The normalized spacial score (nSPS) is 12.7. The lowest BCUT2D eigenvalue weighted by Crippen LogP contribution is -2.52. The first-order chi connectivity index (χ1) is 14.5. The van der Waals surface area contributed by atoms with Crippen molar-refractivity contribution < 1.29 is 14.7 Å². The van der Waals surface area contributed by atoms with Crippen LogP contribution < -0.4 is 16.4 Å². The van der Waals surface area contributed by atoms with Crippen LogP contribution in [0.2, 0.25) is 0 Å². The van der Waals surface area contributed by atoms with Crippen molar-refractivity contribution in [3.8, 4) is 5.75 Å². The molecule has 6 nitrogen and oxygen atoms in total. The summed E-state index contributed by atoms with van der Waals surface area (Å²) in [7, 11) is 0. The molecule has 2 rings (SSSR count). The Morgan fingerprint density at radius 3 is 2.40 bits per heavy atom.